The van der Waals surface area contributed by atoms with Crippen LogP contribution in [0.4, 0.5) is 0 Å². The number of hydrogen-bond acceptors (Lipinski definition) is 3. The van der Waals surface area contributed by atoms with Gasteiger partial charge in [-0.25, -0.2) is 4.98 Å². The van der Waals surface area contributed by atoms with Gasteiger partial charge in [0.15, 0.2) is 5.82 Å². The molecule has 136 valence electrons. The number of aromatic nitrogens is 2. The number of carbonyl (C=O) groups is 2. The number of carbonyl (C=O) groups excluding carboxylic acids is 2. The van der Waals surface area contributed by atoms with Crippen molar-refractivity contribution in [2.75, 3.05) is 0 Å². The third-order valence-electron chi connectivity index (χ3n) is 5.64. The maximum Gasteiger partial charge on any atom is 0.287 e. The number of nitrogens with one attached hydrogen (secondary N) is 2. The molecular formula is C19H28N4O2. The largest absolute Gasteiger partial charge is 0.348 e. The number of hydrogen-bond donors (Lipinski definition) is 2. The molecule has 0 aromatic carbocycles. The smallest absolute Gasteiger partial charge is 0.287 e. The Morgan fingerprint density at radius 1 is 0.840 bits per heavy atom. The molecule has 0 saturated heterocycles. The summed E-state index contributed by atoms with van der Waals surface area (Å²) < 4.78 is 1.98. The van der Waals surface area contributed by atoms with Gasteiger partial charge in [-0.2, -0.15) is 0 Å². The fourth-order valence-electron chi connectivity index (χ4n) is 4.05. The quantitative estimate of drug-likeness (QED) is 0.824. The minimum Gasteiger partial charge on any atom is -0.348 e. The number of rotatable bonds is 4. The summed E-state index contributed by atoms with van der Waals surface area (Å²) in [5.74, 6) is 0.204. The van der Waals surface area contributed by atoms with Crippen LogP contribution in [0.1, 0.15) is 91.0 Å². The van der Waals surface area contributed by atoms with E-state index in [0.29, 0.717) is 17.6 Å². The average Bonchev–Trinajstić information content (AvgIpc) is 3.38. The highest BCUT2D eigenvalue weighted by molar-refractivity contribution is 5.97. The van der Waals surface area contributed by atoms with E-state index >= 15 is 0 Å². The van der Waals surface area contributed by atoms with Crippen molar-refractivity contribution in [2.45, 2.75) is 89.3 Å². The van der Waals surface area contributed by atoms with E-state index in [1.807, 2.05) is 4.57 Å². The molecule has 2 aliphatic carbocycles. The van der Waals surface area contributed by atoms with Crippen molar-refractivity contribution in [1.82, 2.24) is 20.2 Å². The Bertz CT molecular complexity index is 655. The molecule has 3 aliphatic rings. The summed E-state index contributed by atoms with van der Waals surface area (Å²) in [6.07, 6.45) is 12.0. The molecule has 1 aliphatic heterocycles. The molecule has 1 aromatic heterocycles. The van der Waals surface area contributed by atoms with Crippen LogP contribution in [0, 0.1) is 0 Å². The highest BCUT2D eigenvalue weighted by atomic mass is 16.2. The van der Waals surface area contributed by atoms with E-state index in [-0.39, 0.29) is 17.9 Å². The maximum atomic E-state index is 12.8. The number of amides is 2. The first kappa shape index (κ1) is 16.6. The van der Waals surface area contributed by atoms with Crippen LogP contribution in [0.2, 0.25) is 0 Å². The van der Waals surface area contributed by atoms with E-state index in [0.717, 1.165) is 57.2 Å². The highest BCUT2D eigenvalue weighted by Gasteiger charge is 2.31. The molecule has 6 nitrogen and oxygen atoms in total. The number of imidazole rings is 1. The van der Waals surface area contributed by atoms with Gasteiger partial charge < -0.3 is 15.2 Å². The number of fused-ring (bicyclic) bond motifs is 1. The zero-order valence-corrected chi connectivity index (χ0v) is 14.9. The summed E-state index contributed by atoms with van der Waals surface area (Å²) in [6, 6.07) is 0.548. The van der Waals surface area contributed by atoms with E-state index in [2.05, 4.69) is 15.6 Å². The summed E-state index contributed by atoms with van der Waals surface area (Å²) in [6.45, 7) is 0.784. The van der Waals surface area contributed by atoms with E-state index in [9.17, 15) is 9.59 Å². The van der Waals surface area contributed by atoms with Crippen molar-refractivity contribution < 1.29 is 9.59 Å². The second kappa shape index (κ2) is 7.18. The highest BCUT2D eigenvalue weighted by Crippen LogP contribution is 2.24. The van der Waals surface area contributed by atoms with Crippen LogP contribution in [0.25, 0.3) is 0 Å². The van der Waals surface area contributed by atoms with Crippen LogP contribution in [0.5, 0.6) is 0 Å². The van der Waals surface area contributed by atoms with E-state index < -0.39 is 0 Å². The van der Waals surface area contributed by atoms with Crippen molar-refractivity contribution in [3.8, 4) is 0 Å². The van der Waals surface area contributed by atoms with Crippen molar-refractivity contribution in [1.29, 1.82) is 0 Å². The van der Waals surface area contributed by atoms with Gasteiger partial charge in [0.2, 0.25) is 0 Å². The summed E-state index contributed by atoms with van der Waals surface area (Å²) in [4.78, 5) is 29.9. The van der Waals surface area contributed by atoms with Gasteiger partial charge in [-0.1, -0.05) is 25.7 Å². The number of nitrogens with zero attached hydrogens (tertiary/aromatic N) is 2. The Labute approximate surface area is 148 Å². The normalized spacial score (nSPS) is 21.3. The monoisotopic (exact) mass is 344 g/mol. The van der Waals surface area contributed by atoms with Crippen LogP contribution in [-0.4, -0.2) is 33.4 Å². The van der Waals surface area contributed by atoms with Gasteiger partial charge in [0.25, 0.3) is 11.8 Å². The molecule has 0 bridgehead atoms. The molecule has 2 amide bonds. The Kier molecular flexibility index (Phi) is 4.77. The van der Waals surface area contributed by atoms with Crippen LogP contribution < -0.4 is 10.6 Å². The van der Waals surface area contributed by atoms with Crippen molar-refractivity contribution >= 4 is 11.8 Å². The second-order valence-electron chi connectivity index (χ2n) is 7.75. The zero-order valence-electron chi connectivity index (χ0n) is 14.9. The lowest BCUT2D eigenvalue weighted by Crippen LogP contribution is -2.35. The van der Waals surface area contributed by atoms with Crippen LogP contribution >= 0.6 is 0 Å². The van der Waals surface area contributed by atoms with Gasteiger partial charge in [0.05, 0.1) is 5.69 Å². The molecule has 0 spiro atoms. The zero-order chi connectivity index (χ0) is 17.2. The van der Waals surface area contributed by atoms with Gasteiger partial charge in [-0.05, 0) is 44.9 Å². The summed E-state index contributed by atoms with van der Waals surface area (Å²) in [5.41, 5.74) is 1.42. The van der Waals surface area contributed by atoms with Gasteiger partial charge in [-0.3, -0.25) is 9.59 Å². The third kappa shape index (κ3) is 3.72. The average molecular weight is 344 g/mol. The predicted molar refractivity (Wildman–Crippen MR) is 94.6 cm³/mol. The minimum atomic E-state index is -0.126. The lowest BCUT2D eigenvalue weighted by atomic mass is 10.1. The molecule has 4 rings (SSSR count). The fourth-order valence-corrected chi connectivity index (χ4v) is 4.05. The summed E-state index contributed by atoms with van der Waals surface area (Å²) >= 11 is 0. The second-order valence-corrected chi connectivity index (χ2v) is 7.75. The van der Waals surface area contributed by atoms with Crippen LogP contribution in [0.3, 0.4) is 0 Å². The van der Waals surface area contributed by atoms with E-state index in [4.69, 9.17) is 0 Å². The molecule has 2 fully saturated rings. The van der Waals surface area contributed by atoms with E-state index in [1.165, 1.54) is 25.7 Å². The molecule has 0 atom stereocenters. The predicted octanol–water partition coefficient (Wildman–Crippen LogP) is 2.56. The summed E-state index contributed by atoms with van der Waals surface area (Å²) in [5, 5.41) is 6.19. The molecule has 6 heteroatoms. The maximum absolute atomic E-state index is 12.8. The minimum absolute atomic E-state index is 0.0944. The Morgan fingerprint density at radius 2 is 1.52 bits per heavy atom. The van der Waals surface area contributed by atoms with E-state index in [1.54, 1.807) is 0 Å². The molecule has 1 aromatic rings. The third-order valence-corrected chi connectivity index (χ3v) is 5.64. The summed E-state index contributed by atoms with van der Waals surface area (Å²) in [7, 11) is 0. The lowest BCUT2D eigenvalue weighted by Gasteiger charge is -2.18. The first-order valence-electron chi connectivity index (χ1n) is 9.93. The lowest BCUT2D eigenvalue weighted by molar-refractivity contribution is 0.0927. The molecule has 2 heterocycles. The molecular weight excluding hydrogens is 316 g/mol. The first-order valence-corrected chi connectivity index (χ1v) is 9.93. The Hall–Kier alpha value is -1.85. The topological polar surface area (TPSA) is 76.0 Å². The van der Waals surface area contributed by atoms with Crippen LogP contribution in [0.15, 0.2) is 0 Å². The fraction of sp³-hybridized carbons (Fsp3) is 0.737. The molecule has 2 saturated carbocycles. The molecule has 0 unspecified atom stereocenters. The molecule has 0 radical (unpaired) electrons. The van der Waals surface area contributed by atoms with Crippen LogP contribution in [-0.2, 0) is 13.0 Å². The standard InChI is InChI=1S/C19H28N4O2/c24-18(20-13-7-3-1-2-4-8-13)16-15-9-5-6-12-23(15)17(22-16)19(25)21-14-10-11-14/h13-14H,1-12H2,(H,20,24)(H,21,25). The van der Waals surface area contributed by atoms with Crippen molar-refractivity contribution in [3.63, 3.8) is 0 Å². The molecule has 25 heavy (non-hydrogen) atoms. The van der Waals surface area contributed by atoms with Gasteiger partial charge in [-0.15, -0.1) is 0 Å². The van der Waals surface area contributed by atoms with Gasteiger partial charge in [0.1, 0.15) is 5.69 Å². The van der Waals surface area contributed by atoms with Crippen molar-refractivity contribution in [2.24, 2.45) is 0 Å². The van der Waals surface area contributed by atoms with Gasteiger partial charge >= 0.3 is 0 Å². The van der Waals surface area contributed by atoms with Gasteiger partial charge in [0, 0.05) is 18.6 Å². The molecule has 2 N–H and O–H groups in total. The SMILES string of the molecule is O=C(NC1CCCCCC1)c1nc(C(=O)NC2CC2)n2c1CCCC2. The first-order chi connectivity index (χ1) is 12.2. The Balaban J connectivity index is 1.54. The van der Waals surface area contributed by atoms with Crippen molar-refractivity contribution in [3.05, 3.63) is 17.2 Å². The Morgan fingerprint density at radius 3 is 2.24 bits per heavy atom.